The molecule has 0 bridgehead atoms. The third-order valence-corrected chi connectivity index (χ3v) is 7.80. The molecule has 0 radical (unpaired) electrons. The molecule has 7 heteroatoms. The largest absolute Gasteiger partial charge is 0.493 e. The molecule has 1 aliphatic carbocycles. The summed E-state index contributed by atoms with van der Waals surface area (Å²) in [5.74, 6) is 1.11. The normalized spacial score (nSPS) is 27.5. The van der Waals surface area contributed by atoms with Gasteiger partial charge in [-0.1, -0.05) is 32.0 Å². The number of rotatable bonds is 6. The van der Waals surface area contributed by atoms with E-state index in [2.05, 4.69) is 13.8 Å². The summed E-state index contributed by atoms with van der Waals surface area (Å²) < 4.78 is 30.9. The average molecular weight is 494 g/mol. The van der Waals surface area contributed by atoms with Crippen LogP contribution in [-0.4, -0.2) is 43.5 Å². The highest BCUT2D eigenvalue weighted by Gasteiger charge is 2.53. The van der Waals surface area contributed by atoms with Crippen LogP contribution in [0.2, 0.25) is 0 Å². The fourth-order valence-corrected chi connectivity index (χ4v) is 6.13. The first-order valence-corrected chi connectivity index (χ1v) is 12.5. The molecular weight excluding hydrogens is 461 g/mol. The van der Waals surface area contributed by atoms with Crippen molar-refractivity contribution in [2.24, 2.45) is 17.8 Å². The predicted molar refractivity (Wildman–Crippen MR) is 132 cm³/mol. The van der Waals surface area contributed by atoms with E-state index in [0.29, 0.717) is 41.5 Å². The maximum Gasteiger partial charge on any atom is 0.290 e. The number of carbonyl (C=O) groups excluding carboxylic acids is 2. The summed E-state index contributed by atoms with van der Waals surface area (Å²) in [6.45, 7) is 4.62. The molecule has 6 nitrogen and oxygen atoms in total. The van der Waals surface area contributed by atoms with Gasteiger partial charge in [0, 0.05) is 6.54 Å². The van der Waals surface area contributed by atoms with Crippen molar-refractivity contribution in [1.82, 2.24) is 4.90 Å². The first kappa shape index (κ1) is 24.3. The zero-order valence-corrected chi connectivity index (χ0v) is 21.1. The second-order valence-electron chi connectivity index (χ2n) is 10.2. The average Bonchev–Trinajstić information content (AvgIpc) is 3.15. The molecule has 5 unspecified atom stereocenters. The number of benzene rings is 2. The number of halogens is 1. The van der Waals surface area contributed by atoms with Crippen molar-refractivity contribution in [2.45, 2.75) is 45.3 Å². The van der Waals surface area contributed by atoms with E-state index in [0.717, 1.165) is 18.4 Å². The lowest BCUT2D eigenvalue weighted by Crippen LogP contribution is -2.45. The Balaban J connectivity index is 1.49. The number of amides is 1. The van der Waals surface area contributed by atoms with Crippen molar-refractivity contribution >= 4 is 11.7 Å². The van der Waals surface area contributed by atoms with Crippen molar-refractivity contribution in [1.29, 1.82) is 0 Å². The molecule has 5 rings (SSSR count). The van der Waals surface area contributed by atoms with Gasteiger partial charge in [0.15, 0.2) is 23.0 Å². The van der Waals surface area contributed by atoms with Gasteiger partial charge in [-0.2, -0.15) is 0 Å². The van der Waals surface area contributed by atoms with Gasteiger partial charge in [0.25, 0.3) is 5.91 Å². The van der Waals surface area contributed by atoms with E-state index >= 15 is 0 Å². The highest BCUT2D eigenvalue weighted by molar-refractivity contribution is 6.11. The molecule has 0 aromatic heterocycles. The van der Waals surface area contributed by atoms with E-state index in [4.69, 9.17) is 14.2 Å². The van der Waals surface area contributed by atoms with Gasteiger partial charge in [0.05, 0.1) is 31.8 Å². The van der Waals surface area contributed by atoms with Gasteiger partial charge in [-0.3, -0.25) is 9.59 Å². The number of carbonyl (C=O) groups is 2. The Kier molecular flexibility index (Phi) is 6.49. The molecule has 0 saturated heterocycles. The lowest BCUT2D eigenvalue weighted by molar-refractivity contribution is -0.138. The van der Waals surface area contributed by atoms with Crippen molar-refractivity contribution < 1.29 is 28.2 Å². The minimum absolute atomic E-state index is 0.00376. The molecule has 0 N–H and O–H groups in total. The minimum Gasteiger partial charge on any atom is -0.493 e. The number of methoxy groups -OCH3 is 2. The number of nitrogens with zero attached hydrogens (tertiary/aromatic N) is 1. The van der Waals surface area contributed by atoms with Gasteiger partial charge in [-0.05, 0) is 66.5 Å². The zero-order chi connectivity index (χ0) is 25.6. The molecule has 2 aromatic carbocycles. The van der Waals surface area contributed by atoms with Crippen molar-refractivity contribution in [3.05, 3.63) is 70.7 Å². The number of hydrogen-bond donors (Lipinski definition) is 0. The Hall–Kier alpha value is -3.35. The van der Waals surface area contributed by atoms with Crippen LogP contribution in [0.5, 0.6) is 11.5 Å². The third kappa shape index (κ3) is 4.14. The Bertz CT molecular complexity index is 1210. The predicted octanol–water partition coefficient (Wildman–Crippen LogP) is 4.87. The van der Waals surface area contributed by atoms with Crippen LogP contribution in [0.25, 0.3) is 0 Å². The molecule has 3 aliphatic rings. The number of hydrogen-bond acceptors (Lipinski definition) is 5. The van der Waals surface area contributed by atoms with Gasteiger partial charge >= 0.3 is 0 Å². The molecule has 5 atom stereocenters. The minimum atomic E-state index is -0.603. The Morgan fingerprint density at radius 2 is 1.72 bits per heavy atom. The van der Waals surface area contributed by atoms with E-state index in [1.54, 1.807) is 31.3 Å². The van der Waals surface area contributed by atoms with E-state index < -0.39 is 6.04 Å². The fourth-order valence-electron chi connectivity index (χ4n) is 6.13. The molecule has 2 heterocycles. The lowest BCUT2D eigenvalue weighted by Gasteiger charge is -2.41. The summed E-state index contributed by atoms with van der Waals surface area (Å²) in [6.07, 6.45) is 1.98. The molecule has 1 amide bonds. The highest BCUT2D eigenvalue weighted by atomic mass is 19.1. The standard InChI is InChI=1S/C29H32FNO5/c1-16-13-17(2)27-21(14-16)26(32)24-25(19-6-8-20(30)9-7-19)31(29(33)28(24)36-27)12-11-18-5-10-22(34-3)23(15-18)35-4/h5-10,15-17,21,25,27H,11-14H2,1-4H3. The number of ketones is 1. The highest BCUT2D eigenvalue weighted by Crippen LogP contribution is 2.48. The molecule has 2 aromatic rings. The van der Waals surface area contributed by atoms with Gasteiger partial charge in [-0.15, -0.1) is 0 Å². The topological polar surface area (TPSA) is 65.1 Å². The van der Waals surface area contributed by atoms with Crippen LogP contribution in [0.1, 0.15) is 43.9 Å². The Labute approximate surface area is 211 Å². The van der Waals surface area contributed by atoms with Gasteiger partial charge in [0.1, 0.15) is 11.9 Å². The van der Waals surface area contributed by atoms with Crippen LogP contribution in [0, 0.1) is 23.6 Å². The summed E-state index contributed by atoms with van der Waals surface area (Å²) in [5.41, 5.74) is 2.09. The summed E-state index contributed by atoms with van der Waals surface area (Å²) in [5, 5.41) is 0. The quantitative estimate of drug-likeness (QED) is 0.574. The maximum atomic E-state index is 13.9. The second-order valence-corrected chi connectivity index (χ2v) is 10.2. The molecule has 36 heavy (non-hydrogen) atoms. The number of ether oxygens (including phenoxy) is 3. The number of fused-ring (bicyclic) bond motifs is 1. The smallest absolute Gasteiger partial charge is 0.290 e. The first-order chi connectivity index (χ1) is 17.3. The summed E-state index contributed by atoms with van der Waals surface area (Å²) in [4.78, 5) is 29.3. The Morgan fingerprint density at radius 1 is 1.00 bits per heavy atom. The SMILES string of the molecule is COc1ccc(CCN2C(=O)C3=C(C(=O)C4CC(C)CC(C)C4O3)C2c2ccc(F)cc2)cc1OC. The van der Waals surface area contributed by atoms with Crippen molar-refractivity contribution in [3.8, 4) is 11.5 Å². The van der Waals surface area contributed by atoms with Gasteiger partial charge in [-0.25, -0.2) is 4.39 Å². The van der Waals surface area contributed by atoms with Crippen LogP contribution in [-0.2, 0) is 20.7 Å². The van der Waals surface area contributed by atoms with Crippen LogP contribution >= 0.6 is 0 Å². The van der Waals surface area contributed by atoms with E-state index in [9.17, 15) is 14.0 Å². The molecule has 190 valence electrons. The van der Waals surface area contributed by atoms with Crippen molar-refractivity contribution in [3.63, 3.8) is 0 Å². The van der Waals surface area contributed by atoms with Crippen LogP contribution < -0.4 is 9.47 Å². The monoisotopic (exact) mass is 493 g/mol. The van der Waals surface area contributed by atoms with Crippen LogP contribution in [0.3, 0.4) is 0 Å². The molecule has 0 spiro atoms. The lowest BCUT2D eigenvalue weighted by atomic mass is 9.70. The van der Waals surface area contributed by atoms with Gasteiger partial charge in [0.2, 0.25) is 0 Å². The van der Waals surface area contributed by atoms with E-state index in [1.807, 2.05) is 18.2 Å². The zero-order valence-electron chi connectivity index (χ0n) is 21.1. The first-order valence-electron chi connectivity index (χ1n) is 12.5. The van der Waals surface area contributed by atoms with E-state index in [1.165, 1.54) is 12.1 Å². The van der Waals surface area contributed by atoms with Crippen molar-refractivity contribution in [2.75, 3.05) is 20.8 Å². The number of Topliss-reactive ketones (excluding diaryl/α,β-unsaturated/α-hetero) is 1. The third-order valence-electron chi connectivity index (χ3n) is 7.80. The molecular formula is C29H32FNO5. The molecule has 2 aliphatic heterocycles. The molecule has 1 fully saturated rings. The summed E-state index contributed by atoms with van der Waals surface area (Å²) >= 11 is 0. The maximum absolute atomic E-state index is 13.9. The van der Waals surface area contributed by atoms with Gasteiger partial charge < -0.3 is 19.1 Å². The summed E-state index contributed by atoms with van der Waals surface area (Å²) in [7, 11) is 3.17. The van der Waals surface area contributed by atoms with Crippen LogP contribution in [0.4, 0.5) is 4.39 Å². The van der Waals surface area contributed by atoms with E-state index in [-0.39, 0.29) is 41.2 Å². The Morgan fingerprint density at radius 3 is 2.42 bits per heavy atom. The summed E-state index contributed by atoms with van der Waals surface area (Å²) in [6, 6.07) is 11.1. The fraction of sp³-hybridized carbons (Fsp3) is 0.448. The second kappa shape index (κ2) is 9.60. The molecule has 1 saturated carbocycles. The van der Waals surface area contributed by atoms with Crippen LogP contribution in [0.15, 0.2) is 53.8 Å².